The lowest BCUT2D eigenvalue weighted by molar-refractivity contribution is -0.123. The molecule has 0 spiro atoms. The van der Waals surface area contributed by atoms with Crippen LogP contribution < -0.4 is 9.62 Å². The summed E-state index contributed by atoms with van der Waals surface area (Å²) in [6.07, 6.45) is 0.815. The number of sulfonamides is 1. The third-order valence-corrected chi connectivity index (χ3v) is 8.17. The van der Waals surface area contributed by atoms with Crippen molar-refractivity contribution in [3.05, 3.63) is 59.3 Å². The summed E-state index contributed by atoms with van der Waals surface area (Å²) in [7, 11) is -2.67. The van der Waals surface area contributed by atoms with Crippen molar-refractivity contribution >= 4 is 27.5 Å². The fourth-order valence-electron chi connectivity index (χ4n) is 4.03. The van der Waals surface area contributed by atoms with Crippen LogP contribution in [0.25, 0.3) is 11.1 Å². The number of aryl methyl sites for hydroxylation is 1. The second-order valence-electron chi connectivity index (χ2n) is 11.3. The topological polar surface area (TPSA) is 111 Å². The summed E-state index contributed by atoms with van der Waals surface area (Å²) in [6, 6.07) is 12.5. The first-order valence-electron chi connectivity index (χ1n) is 13.3. The fourth-order valence-corrected chi connectivity index (χ4v) is 5.58. The molecule has 0 radical (unpaired) electrons. The highest BCUT2D eigenvalue weighted by Crippen LogP contribution is 2.38. The van der Waals surface area contributed by atoms with Gasteiger partial charge in [-0.05, 0) is 43.9 Å². The van der Waals surface area contributed by atoms with Crippen LogP contribution in [0.1, 0.15) is 51.4 Å². The molecule has 0 aliphatic rings. The van der Waals surface area contributed by atoms with E-state index in [1.165, 1.54) is 0 Å². The summed E-state index contributed by atoms with van der Waals surface area (Å²) in [6.45, 7) is 13.4. The zero-order valence-corrected chi connectivity index (χ0v) is 25.5. The van der Waals surface area contributed by atoms with E-state index in [0.717, 1.165) is 16.3 Å². The molecule has 0 atom stereocenters. The molecule has 0 aliphatic heterocycles. The predicted molar refractivity (Wildman–Crippen MR) is 157 cm³/mol. The van der Waals surface area contributed by atoms with E-state index in [2.05, 4.69) is 24.3 Å². The number of methoxy groups -OCH3 is 1. The molecular formula is C30H41N3O6S. The Morgan fingerprint density at radius 3 is 2.38 bits per heavy atom. The molecule has 0 saturated heterocycles. The van der Waals surface area contributed by atoms with Crippen molar-refractivity contribution in [2.75, 3.05) is 36.7 Å². The Morgan fingerprint density at radius 1 is 1.07 bits per heavy atom. The summed E-state index contributed by atoms with van der Waals surface area (Å²) in [5, 5.41) is 7.01. The molecule has 0 bridgehead atoms. The number of ether oxygens (including phenoxy) is 2. The van der Waals surface area contributed by atoms with Crippen LogP contribution in [0.15, 0.2) is 51.9 Å². The summed E-state index contributed by atoms with van der Waals surface area (Å²) in [5.74, 6) is 0.319. The number of amides is 1. The van der Waals surface area contributed by atoms with Crippen LogP contribution in [0, 0.1) is 25.2 Å². The van der Waals surface area contributed by atoms with Gasteiger partial charge in [-0.15, -0.1) is 0 Å². The lowest BCUT2D eigenvalue weighted by Gasteiger charge is -2.24. The second kappa shape index (κ2) is 13.0. The number of hydrogen-bond donors (Lipinski definition) is 1. The number of hydrogen-bond acceptors (Lipinski definition) is 7. The van der Waals surface area contributed by atoms with Gasteiger partial charge in [-0.3, -0.25) is 4.79 Å². The van der Waals surface area contributed by atoms with Crippen molar-refractivity contribution < 1.29 is 27.2 Å². The minimum absolute atomic E-state index is 0.0432. The van der Waals surface area contributed by atoms with Gasteiger partial charge >= 0.3 is 0 Å². The molecule has 9 nitrogen and oxygen atoms in total. The molecule has 3 aromatic rings. The van der Waals surface area contributed by atoms with Gasteiger partial charge in [0.2, 0.25) is 11.8 Å². The molecule has 218 valence electrons. The minimum atomic E-state index is -4.21. The lowest BCUT2D eigenvalue weighted by Crippen LogP contribution is -2.34. The van der Waals surface area contributed by atoms with Gasteiger partial charge < -0.3 is 19.3 Å². The first kappa shape index (κ1) is 31.3. The van der Waals surface area contributed by atoms with Crippen molar-refractivity contribution in [1.82, 2.24) is 5.16 Å². The molecule has 10 heteroatoms. The van der Waals surface area contributed by atoms with Crippen molar-refractivity contribution in [2.24, 2.45) is 11.3 Å². The second-order valence-corrected chi connectivity index (χ2v) is 13.1. The molecule has 1 N–H and O–H groups in total. The Kier molecular flexibility index (Phi) is 10.2. The van der Waals surface area contributed by atoms with Gasteiger partial charge in [0, 0.05) is 34.9 Å². The Labute approximate surface area is 237 Å². The molecular weight excluding hydrogens is 530 g/mol. The van der Waals surface area contributed by atoms with E-state index in [0.29, 0.717) is 40.6 Å². The normalized spacial score (nSPS) is 12.1. The Bertz CT molecular complexity index is 1420. The Balaban J connectivity index is 2.17. The molecule has 0 aliphatic carbocycles. The van der Waals surface area contributed by atoms with Gasteiger partial charge in [0.05, 0.1) is 23.8 Å². The molecule has 2 aromatic carbocycles. The number of benzene rings is 2. The van der Waals surface area contributed by atoms with Crippen LogP contribution in [0.4, 0.5) is 11.6 Å². The number of carbonyl (C=O) groups excluding carboxylic acids is 1. The molecule has 0 unspecified atom stereocenters. The van der Waals surface area contributed by atoms with Gasteiger partial charge in [-0.1, -0.05) is 70.1 Å². The monoisotopic (exact) mass is 571 g/mol. The fraction of sp³-hybridized carbons (Fsp3) is 0.467. The summed E-state index contributed by atoms with van der Waals surface area (Å²) < 4.78 is 45.8. The van der Waals surface area contributed by atoms with Gasteiger partial charge in [-0.25, -0.2) is 12.7 Å². The first-order valence-corrected chi connectivity index (χ1v) is 14.8. The first-order chi connectivity index (χ1) is 18.8. The minimum Gasteiger partial charge on any atom is -0.382 e. The maximum absolute atomic E-state index is 14.3. The standard InChI is InChI=1S/C30H41N3O6S/c1-20(2)17-23-13-14-24(26(18-23)31-29(34)30(5,6)7)25-11-9-10-12-27(25)40(35,36)33(19-38-16-15-37-8)28-21(3)22(4)32-39-28/h9-14,18,20H,15-17,19H2,1-8H3,(H,31,34). The maximum Gasteiger partial charge on any atom is 0.269 e. The van der Waals surface area contributed by atoms with Crippen LogP contribution >= 0.6 is 0 Å². The van der Waals surface area contributed by atoms with Crippen molar-refractivity contribution in [3.8, 4) is 11.1 Å². The molecule has 0 saturated carbocycles. The lowest BCUT2D eigenvalue weighted by atomic mass is 9.93. The largest absolute Gasteiger partial charge is 0.382 e. The molecule has 1 amide bonds. The van der Waals surface area contributed by atoms with Crippen molar-refractivity contribution in [2.45, 2.75) is 59.8 Å². The Morgan fingerprint density at radius 2 is 1.77 bits per heavy atom. The number of rotatable bonds is 12. The summed E-state index contributed by atoms with van der Waals surface area (Å²) in [4.78, 5) is 13.1. The van der Waals surface area contributed by atoms with Crippen molar-refractivity contribution in [1.29, 1.82) is 0 Å². The average Bonchev–Trinajstić information content (AvgIpc) is 3.20. The van der Waals surface area contributed by atoms with Crippen LogP contribution in [0.2, 0.25) is 0 Å². The molecule has 1 aromatic heterocycles. The smallest absolute Gasteiger partial charge is 0.269 e. The average molecular weight is 572 g/mol. The highest BCUT2D eigenvalue weighted by Gasteiger charge is 2.33. The van der Waals surface area contributed by atoms with Crippen LogP contribution in [0.3, 0.4) is 0 Å². The summed E-state index contributed by atoms with van der Waals surface area (Å²) in [5.41, 5.74) is 3.16. The number of aromatic nitrogens is 1. The van der Waals surface area contributed by atoms with E-state index >= 15 is 0 Å². The molecule has 40 heavy (non-hydrogen) atoms. The number of nitrogens with zero attached hydrogens (tertiary/aromatic N) is 2. The van der Waals surface area contributed by atoms with Gasteiger partial charge in [0.15, 0.2) is 0 Å². The Hall–Kier alpha value is -3.21. The molecule has 0 fully saturated rings. The highest BCUT2D eigenvalue weighted by atomic mass is 32.2. The van der Waals surface area contributed by atoms with Crippen LogP contribution in [0.5, 0.6) is 0 Å². The van der Waals surface area contributed by atoms with E-state index in [1.807, 2.05) is 39.0 Å². The van der Waals surface area contributed by atoms with Crippen molar-refractivity contribution in [3.63, 3.8) is 0 Å². The van der Waals surface area contributed by atoms with Gasteiger partial charge in [0.25, 0.3) is 10.0 Å². The van der Waals surface area contributed by atoms with Gasteiger partial charge in [0.1, 0.15) is 6.73 Å². The zero-order chi connectivity index (χ0) is 29.7. The summed E-state index contributed by atoms with van der Waals surface area (Å²) >= 11 is 0. The van der Waals surface area contributed by atoms with E-state index in [-0.39, 0.29) is 30.0 Å². The van der Waals surface area contributed by atoms with E-state index in [9.17, 15) is 13.2 Å². The van der Waals surface area contributed by atoms with Gasteiger partial charge in [-0.2, -0.15) is 0 Å². The highest BCUT2D eigenvalue weighted by molar-refractivity contribution is 7.93. The van der Waals surface area contributed by atoms with E-state index in [4.69, 9.17) is 14.0 Å². The SMILES string of the molecule is COCCOCN(c1onc(C)c1C)S(=O)(=O)c1ccccc1-c1ccc(CC(C)C)cc1NC(=O)C(C)(C)C. The predicted octanol–water partition coefficient (Wildman–Crippen LogP) is 5.96. The quantitative estimate of drug-likeness (QED) is 0.211. The third kappa shape index (κ3) is 7.30. The van der Waals surface area contributed by atoms with Crippen LogP contribution in [-0.2, 0) is 30.7 Å². The van der Waals surface area contributed by atoms with E-state index < -0.39 is 15.4 Å². The van der Waals surface area contributed by atoms with Crippen LogP contribution in [-0.4, -0.2) is 46.5 Å². The van der Waals surface area contributed by atoms with E-state index in [1.54, 1.807) is 45.2 Å². The molecule has 1 heterocycles. The maximum atomic E-state index is 14.3. The third-order valence-electron chi connectivity index (χ3n) is 6.40. The molecule has 3 rings (SSSR count). The number of carbonyl (C=O) groups is 1. The zero-order valence-electron chi connectivity index (χ0n) is 24.7. The number of anilines is 2. The number of nitrogens with one attached hydrogen (secondary N) is 1.